The molecule has 2 rings (SSSR count). The van der Waals surface area contributed by atoms with Crippen molar-refractivity contribution in [3.8, 4) is 11.5 Å². The van der Waals surface area contributed by atoms with Crippen molar-refractivity contribution in [3.05, 3.63) is 56.0 Å². The third kappa shape index (κ3) is 3.18. The van der Waals surface area contributed by atoms with Crippen molar-refractivity contribution in [2.24, 2.45) is 0 Å². The normalized spacial score (nSPS) is 10.3. The largest absolute Gasteiger partial charge is 0.493 e. The van der Waals surface area contributed by atoms with Gasteiger partial charge in [0.05, 0.1) is 24.3 Å². The first-order valence-electron chi connectivity index (χ1n) is 5.89. The van der Waals surface area contributed by atoms with Gasteiger partial charge >= 0.3 is 0 Å². The molecule has 21 heavy (non-hydrogen) atoms. The van der Waals surface area contributed by atoms with Gasteiger partial charge in [0.15, 0.2) is 17.3 Å². The highest BCUT2D eigenvalue weighted by molar-refractivity contribution is 9.10. The first-order valence-corrected chi connectivity index (χ1v) is 7.44. The molecular formula is C15H11BrCl2O3. The van der Waals surface area contributed by atoms with E-state index >= 15 is 0 Å². The second kappa shape index (κ2) is 6.69. The first kappa shape index (κ1) is 16.1. The van der Waals surface area contributed by atoms with Crippen LogP contribution in [0.25, 0.3) is 0 Å². The van der Waals surface area contributed by atoms with E-state index in [0.29, 0.717) is 32.1 Å². The molecule has 0 bridgehead atoms. The Hall–Kier alpha value is -1.23. The number of methoxy groups -OCH3 is 2. The molecule has 2 aromatic carbocycles. The van der Waals surface area contributed by atoms with E-state index < -0.39 is 0 Å². The van der Waals surface area contributed by atoms with Gasteiger partial charge in [0.2, 0.25) is 0 Å². The number of hydrogen-bond donors (Lipinski definition) is 0. The first-order chi connectivity index (χ1) is 9.99. The molecule has 0 atom stereocenters. The summed E-state index contributed by atoms with van der Waals surface area (Å²) >= 11 is 15.4. The number of carbonyl (C=O) groups excluding carboxylic acids is 1. The summed E-state index contributed by atoms with van der Waals surface area (Å²) < 4.78 is 11.0. The van der Waals surface area contributed by atoms with Crippen molar-refractivity contribution >= 4 is 44.9 Å². The minimum atomic E-state index is -0.254. The predicted molar refractivity (Wildman–Crippen MR) is 87.1 cm³/mol. The van der Waals surface area contributed by atoms with Crippen LogP contribution in [0, 0.1) is 0 Å². The van der Waals surface area contributed by atoms with E-state index in [1.165, 1.54) is 14.2 Å². The fourth-order valence-corrected chi connectivity index (χ4v) is 2.74. The second-order valence-electron chi connectivity index (χ2n) is 4.12. The Balaban J connectivity index is 2.56. The van der Waals surface area contributed by atoms with E-state index in [-0.39, 0.29) is 10.8 Å². The molecular weight excluding hydrogens is 379 g/mol. The molecule has 0 N–H and O–H groups in total. The van der Waals surface area contributed by atoms with Gasteiger partial charge in [-0.15, -0.1) is 0 Å². The maximum atomic E-state index is 12.6. The quantitative estimate of drug-likeness (QED) is 0.690. The van der Waals surface area contributed by atoms with Crippen LogP contribution in [0.3, 0.4) is 0 Å². The molecule has 0 heterocycles. The Labute approximate surface area is 140 Å². The monoisotopic (exact) mass is 388 g/mol. The van der Waals surface area contributed by atoms with Crippen molar-refractivity contribution in [1.29, 1.82) is 0 Å². The minimum absolute atomic E-state index is 0.228. The predicted octanol–water partition coefficient (Wildman–Crippen LogP) is 5.00. The summed E-state index contributed by atoms with van der Waals surface area (Å²) in [5.41, 5.74) is 0.744. The summed E-state index contributed by atoms with van der Waals surface area (Å²) in [4.78, 5) is 12.6. The second-order valence-corrected chi connectivity index (χ2v) is 5.76. The summed E-state index contributed by atoms with van der Waals surface area (Å²) in [5.74, 6) is 0.732. The van der Waals surface area contributed by atoms with Crippen LogP contribution in [0.15, 0.2) is 34.8 Å². The van der Waals surface area contributed by atoms with Gasteiger partial charge in [-0.05, 0) is 40.2 Å². The summed E-state index contributed by atoms with van der Waals surface area (Å²) in [6, 6.07) is 8.20. The lowest BCUT2D eigenvalue weighted by atomic mass is 10.0. The van der Waals surface area contributed by atoms with E-state index in [1.807, 2.05) is 0 Å². The minimum Gasteiger partial charge on any atom is -0.493 e. The molecule has 0 aliphatic rings. The topological polar surface area (TPSA) is 35.5 Å². The van der Waals surface area contributed by atoms with E-state index in [1.54, 1.807) is 30.3 Å². The lowest BCUT2D eigenvalue weighted by Gasteiger charge is -2.12. The Morgan fingerprint density at radius 2 is 1.67 bits per heavy atom. The van der Waals surface area contributed by atoms with Crippen LogP contribution in [0.4, 0.5) is 0 Å². The third-order valence-corrected chi connectivity index (χ3v) is 4.39. The number of ether oxygens (including phenoxy) is 2. The molecule has 0 spiro atoms. The number of hydrogen-bond acceptors (Lipinski definition) is 3. The molecule has 2 aromatic rings. The molecule has 0 amide bonds. The van der Waals surface area contributed by atoms with E-state index in [0.717, 1.165) is 0 Å². The van der Waals surface area contributed by atoms with Gasteiger partial charge in [0, 0.05) is 15.6 Å². The number of ketones is 1. The summed E-state index contributed by atoms with van der Waals surface area (Å²) in [6.07, 6.45) is 0. The molecule has 0 radical (unpaired) electrons. The Morgan fingerprint density at radius 1 is 1.05 bits per heavy atom. The van der Waals surface area contributed by atoms with Crippen LogP contribution < -0.4 is 9.47 Å². The maximum absolute atomic E-state index is 12.6. The number of carbonyl (C=O) groups is 1. The van der Waals surface area contributed by atoms with Gasteiger partial charge in [-0.2, -0.15) is 0 Å². The molecule has 3 nitrogen and oxygen atoms in total. The SMILES string of the molecule is COc1cc(Br)c(C(=O)c2cccc(Cl)c2Cl)cc1OC. The van der Waals surface area contributed by atoms with Gasteiger partial charge < -0.3 is 9.47 Å². The molecule has 6 heteroatoms. The van der Waals surface area contributed by atoms with Crippen LogP contribution in [0.2, 0.25) is 10.0 Å². The molecule has 0 unspecified atom stereocenters. The van der Waals surface area contributed by atoms with Gasteiger partial charge in [-0.1, -0.05) is 29.3 Å². The highest BCUT2D eigenvalue weighted by atomic mass is 79.9. The van der Waals surface area contributed by atoms with Crippen LogP contribution in [0.5, 0.6) is 11.5 Å². The van der Waals surface area contributed by atoms with Crippen LogP contribution in [-0.4, -0.2) is 20.0 Å². The molecule has 0 aromatic heterocycles. The lowest BCUT2D eigenvalue weighted by Crippen LogP contribution is -2.05. The lowest BCUT2D eigenvalue weighted by molar-refractivity contribution is 0.103. The van der Waals surface area contributed by atoms with E-state index in [4.69, 9.17) is 32.7 Å². The fraction of sp³-hybridized carbons (Fsp3) is 0.133. The maximum Gasteiger partial charge on any atom is 0.195 e. The fourth-order valence-electron chi connectivity index (χ4n) is 1.85. The number of rotatable bonds is 4. The Bertz CT molecular complexity index is 702. The van der Waals surface area contributed by atoms with Crippen molar-refractivity contribution in [2.75, 3.05) is 14.2 Å². The zero-order chi connectivity index (χ0) is 15.6. The smallest absolute Gasteiger partial charge is 0.195 e. The van der Waals surface area contributed by atoms with Crippen LogP contribution >= 0.6 is 39.1 Å². The summed E-state index contributed by atoms with van der Waals surface area (Å²) in [5, 5.41) is 0.560. The van der Waals surface area contributed by atoms with Crippen molar-refractivity contribution in [2.45, 2.75) is 0 Å². The average Bonchev–Trinajstić information content (AvgIpc) is 2.49. The average molecular weight is 390 g/mol. The van der Waals surface area contributed by atoms with Crippen LogP contribution in [0.1, 0.15) is 15.9 Å². The number of benzene rings is 2. The Morgan fingerprint density at radius 3 is 2.29 bits per heavy atom. The van der Waals surface area contributed by atoms with Gasteiger partial charge in [0.1, 0.15) is 0 Å². The zero-order valence-electron chi connectivity index (χ0n) is 11.2. The van der Waals surface area contributed by atoms with Gasteiger partial charge in [-0.25, -0.2) is 0 Å². The van der Waals surface area contributed by atoms with Crippen molar-refractivity contribution < 1.29 is 14.3 Å². The molecule has 0 aliphatic heterocycles. The molecule has 0 fully saturated rings. The molecule has 0 aliphatic carbocycles. The van der Waals surface area contributed by atoms with E-state index in [9.17, 15) is 4.79 Å². The highest BCUT2D eigenvalue weighted by Gasteiger charge is 2.20. The van der Waals surface area contributed by atoms with Crippen molar-refractivity contribution in [1.82, 2.24) is 0 Å². The molecule has 0 saturated heterocycles. The number of halogens is 3. The summed E-state index contributed by atoms with van der Waals surface area (Å²) in [7, 11) is 3.03. The standard InChI is InChI=1S/C15H11BrCl2O3/c1-20-12-6-9(10(16)7-13(12)21-2)15(19)8-4-3-5-11(17)14(8)18/h3-7H,1-2H3. The van der Waals surface area contributed by atoms with Gasteiger partial charge in [-0.3, -0.25) is 4.79 Å². The van der Waals surface area contributed by atoms with Crippen LogP contribution in [-0.2, 0) is 0 Å². The van der Waals surface area contributed by atoms with Crippen molar-refractivity contribution in [3.63, 3.8) is 0 Å². The third-order valence-electron chi connectivity index (χ3n) is 2.91. The van der Waals surface area contributed by atoms with Gasteiger partial charge in [0.25, 0.3) is 0 Å². The Kier molecular flexibility index (Phi) is 5.14. The zero-order valence-corrected chi connectivity index (χ0v) is 14.3. The highest BCUT2D eigenvalue weighted by Crippen LogP contribution is 2.36. The molecule has 110 valence electrons. The molecule has 0 saturated carbocycles. The summed E-state index contributed by atoms with van der Waals surface area (Å²) in [6.45, 7) is 0. The van der Waals surface area contributed by atoms with E-state index in [2.05, 4.69) is 15.9 Å².